The fourth-order valence-electron chi connectivity index (χ4n) is 1.61. The van der Waals surface area contributed by atoms with Crippen molar-refractivity contribution in [1.29, 1.82) is 0 Å². The van der Waals surface area contributed by atoms with Gasteiger partial charge in [-0.05, 0) is 48.5 Å². The van der Waals surface area contributed by atoms with Gasteiger partial charge in [0, 0.05) is 22.6 Å². The zero-order valence-corrected chi connectivity index (χ0v) is 15.4. The second kappa shape index (κ2) is 10.5. The molecule has 1 heterocycles. The minimum Gasteiger partial charge on any atom is -0.399 e. The summed E-state index contributed by atoms with van der Waals surface area (Å²) in [5.41, 5.74) is 15.9. The fraction of sp³-hybridized carbons (Fsp3) is 0.0556. The zero-order valence-electron chi connectivity index (χ0n) is 13.9. The van der Waals surface area contributed by atoms with Gasteiger partial charge < -0.3 is 17.2 Å². The largest absolute Gasteiger partial charge is 0.416 e. The normalized spacial score (nSPS) is 10.1. The number of nitrogens with two attached hydrogens (primary N) is 3. The number of nitrogen functional groups attached to an aromatic ring is 3. The Balaban J connectivity index is 0.000000206. The number of anilines is 3. The standard InChI is InChI=1S/C7H6F3N.C6H6ClN.C5H5ClN2/c8-7(9,10)5-2-1-3-6(11)4-5;7-5-2-1-3-6(8)4-5;6-4-1-2-5(7)8-3-4/h1-4H,11H2;1-4H,8H2;1-3H,(H2,7,8). The molecule has 27 heavy (non-hydrogen) atoms. The minimum absolute atomic E-state index is 0.125. The molecule has 9 heteroatoms. The van der Waals surface area contributed by atoms with E-state index in [4.69, 9.17) is 40.4 Å². The molecule has 6 N–H and O–H groups in total. The first-order chi connectivity index (χ1) is 12.6. The Kier molecular flexibility index (Phi) is 8.71. The predicted octanol–water partition coefficient (Wildman–Crippen LogP) is 5.53. The van der Waals surface area contributed by atoms with E-state index in [0.717, 1.165) is 12.1 Å². The summed E-state index contributed by atoms with van der Waals surface area (Å²) in [6.07, 6.45) is -2.79. The maximum atomic E-state index is 11.9. The van der Waals surface area contributed by atoms with Crippen LogP contribution >= 0.6 is 23.2 Å². The van der Waals surface area contributed by atoms with Crippen LogP contribution in [0.1, 0.15) is 5.56 Å². The van der Waals surface area contributed by atoms with Gasteiger partial charge in [-0.25, -0.2) is 4.98 Å². The lowest BCUT2D eigenvalue weighted by Gasteiger charge is -2.05. The summed E-state index contributed by atoms with van der Waals surface area (Å²) < 4.78 is 35.7. The maximum Gasteiger partial charge on any atom is 0.416 e. The molecule has 0 aliphatic carbocycles. The number of aromatic nitrogens is 1. The monoisotopic (exact) mass is 416 g/mol. The number of pyridine rings is 1. The molecule has 0 radical (unpaired) electrons. The zero-order chi connectivity index (χ0) is 20.4. The Labute approximate surface area is 164 Å². The van der Waals surface area contributed by atoms with E-state index >= 15 is 0 Å². The lowest BCUT2D eigenvalue weighted by atomic mass is 10.2. The SMILES string of the molecule is Nc1ccc(Cl)cn1.Nc1cccc(C(F)(F)F)c1.Nc1cccc(Cl)c1. The van der Waals surface area contributed by atoms with Gasteiger partial charge in [-0.1, -0.05) is 35.3 Å². The summed E-state index contributed by atoms with van der Waals surface area (Å²) in [4.78, 5) is 3.72. The van der Waals surface area contributed by atoms with Gasteiger partial charge >= 0.3 is 6.18 Å². The van der Waals surface area contributed by atoms with Gasteiger partial charge in [-0.15, -0.1) is 0 Å². The second-order valence-corrected chi connectivity index (χ2v) is 5.95. The van der Waals surface area contributed by atoms with Crippen LogP contribution in [0.15, 0.2) is 66.9 Å². The summed E-state index contributed by atoms with van der Waals surface area (Å²) in [6, 6.07) is 15.0. The van der Waals surface area contributed by atoms with Crippen molar-refractivity contribution in [3.63, 3.8) is 0 Å². The molecule has 0 spiro atoms. The molecular formula is C18H17Cl2F3N4. The fourth-order valence-corrected chi connectivity index (χ4v) is 1.92. The lowest BCUT2D eigenvalue weighted by molar-refractivity contribution is -0.137. The van der Waals surface area contributed by atoms with Gasteiger partial charge in [-0.3, -0.25) is 0 Å². The van der Waals surface area contributed by atoms with Crippen molar-refractivity contribution in [3.8, 4) is 0 Å². The van der Waals surface area contributed by atoms with Crippen molar-refractivity contribution < 1.29 is 13.2 Å². The molecule has 3 rings (SSSR count). The van der Waals surface area contributed by atoms with Gasteiger partial charge in [0.05, 0.1) is 10.6 Å². The van der Waals surface area contributed by atoms with Crippen molar-refractivity contribution in [2.24, 2.45) is 0 Å². The van der Waals surface area contributed by atoms with Gasteiger partial charge in [0.25, 0.3) is 0 Å². The van der Waals surface area contributed by atoms with E-state index in [1.807, 2.05) is 6.07 Å². The molecule has 2 aromatic carbocycles. The van der Waals surface area contributed by atoms with E-state index in [0.29, 0.717) is 21.6 Å². The molecule has 0 bridgehead atoms. The summed E-state index contributed by atoms with van der Waals surface area (Å²) in [5.74, 6) is 0.495. The molecule has 0 amide bonds. The van der Waals surface area contributed by atoms with E-state index in [1.54, 1.807) is 30.3 Å². The smallest absolute Gasteiger partial charge is 0.399 e. The van der Waals surface area contributed by atoms with Crippen LogP contribution in [0.3, 0.4) is 0 Å². The summed E-state index contributed by atoms with van der Waals surface area (Å²) in [6.45, 7) is 0. The number of nitrogens with zero attached hydrogens (tertiary/aromatic N) is 1. The Bertz CT molecular complexity index is 802. The Morgan fingerprint density at radius 3 is 1.67 bits per heavy atom. The number of benzene rings is 2. The minimum atomic E-state index is -4.30. The van der Waals surface area contributed by atoms with Crippen LogP contribution in [0.2, 0.25) is 10.0 Å². The molecule has 3 aromatic rings. The molecule has 0 fully saturated rings. The predicted molar refractivity (Wildman–Crippen MR) is 105 cm³/mol. The highest BCUT2D eigenvalue weighted by Gasteiger charge is 2.30. The summed E-state index contributed by atoms with van der Waals surface area (Å²) in [7, 11) is 0. The van der Waals surface area contributed by atoms with Crippen molar-refractivity contribution in [2.75, 3.05) is 17.2 Å². The van der Waals surface area contributed by atoms with E-state index < -0.39 is 11.7 Å². The van der Waals surface area contributed by atoms with Gasteiger partial charge in [0.15, 0.2) is 0 Å². The highest BCUT2D eigenvalue weighted by Crippen LogP contribution is 2.29. The molecule has 0 unspecified atom stereocenters. The van der Waals surface area contributed by atoms with E-state index in [9.17, 15) is 13.2 Å². The Morgan fingerprint density at radius 1 is 0.741 bits per heavy atom. The Hall–Kier alpha value is -2.64. The average Bonchev–Trinajstić information content (AvgIpc) is 2.58. The molecule has 0 atom stereocenters. The number of hydrogen-bond acceptors (Lipinski definition) is 4. The summed E-state index contributed by atoms with van der Waals surface area (Å²) >= 11 is 11.1. The Morgan fingerprint density at radius 2 is 1.33 bits per heavy atom. The van der Waals surface area contributed by atoms with E-state index in [-0.39, 0.29) is 5.69 Å². The van der Waals surface area contributed by atoms with Crippen LogP contribution in [0, 0.1) is 0 Å². The average molecular weight is 417 g/mol. The third kappa shape index (κ3) is 9.58. The molecule has 0 saturated heterocycles. The molecule has 0 aliphatic rings. The van der Waals surface area contributed by atoms with Gasteiger partial charge in [0.2, 0.25) is 0 Å². The number of rotatable bonds is 0. The molecule has 0 aliphatic heterocycles. The molecule has 1 aromatic heterocycles. The van der Waals surface area contributed by atoms with Crippen LogP contribution in [-0.2, 0) is 6.18 Å². The van der Waals surface area contributed by atoms with Crippen LogP contribution in [0.25, 0.3) is 0 Å². The van der Waals surface area contributed by atoms with Crippen LogP contribution in [0.4, 0.5) is 30.4 Å². The number of alkyl halides is 3. The van der Waals surface area contributed by atoms with Gasteiger partial charge in [-0.2, -0.15) is 13.2 Å². The van der Waals surface area contributed by atoms with Crippen molar-refractivity contribution in [1.82, 2.24) is 4.98 Å². The first-order valence-corrected chi connectivity index (χ1v) is 8.14. The van der Waals surface area contributed by atoms with E-state index in [1.165, 1.54) is 18.3 Å². The van der Waals surface area contributed by atoms with Crippen LogP contribution in [0.5, 0.6) is 0 Å². The van der Waals surface area contributed by atoms with Crippen LogP contribution < -0.4 is 17.2 Å². The highest BCUT2D eigenvalue weighted by atomic mass is 35.5. The van der Waals surface area contributed by atoms with Crippen molar-refractivity contribution in [2.45, 2.75) is 6.18 Å². The lowest BCUT2D eigenvalue weighted by Crippen LogP contribution is -2.04. The number of halogens is 5. The van der Waals surface area contributed by atoms with Crippen LogP contribution in [-0.4, -0.2) is 4.98 Å². The maximum absolute atomic E-state index is 11.9. The summed E-state index contributed by atoms with van der Waals surface area (Å²) in [5, 5.41) is 1.30. The van der Waals surface area contributed by atoms with Crippen molar-refractivity contribution in [3.05, 3.63) is 82.5 Å². The quantitative estimate of drug-likeness (QED) is 0.420. The third-order valence-electron chi connectivity index (χ3n) is 2.81. The third-order valence-corrected chi connectivity index (χ3v) is 3.27. The molecule has 4 nitrogen and oxygen atoms in total. The topological polar surface area (TPSA) is 90.9 Å². The van der Waals surface area contributed by atoms with E-state index in [2.05, 4.69) is 4.98 Å². The second-order valence-electron chi connectivity index (χ2n) is 5.08. The first-order valence-electron chi connectivity index (χ1n) is 7.38. The molecular weight excluding hydrogens is 400 g/mol. The molecule has 144 valence electrons. The molecule has 0 saturated carbocycles. The first kappa shape index (κ1) is 22.4. The highest BCUT2D eigenvalue weighted by molar-refractivity contribution is 6.30. The van der Waals surface area contributed by atoms with Gasteiger partial charge in [0.1, 0.15) is 5.82 Å². The van der Waals surface area contributed by atoms with Crippen molar-refractivity contribution >= 4 is 40.4 Å². The number of hydrogen-bond donors (Lipinski definition) is 3.